The number of piperidine rings is 1. The van der Waals surface area contributed by atoms with E-state index in [2.05, 4.69) is 16.6 Å². The molecule has 28 heavy (non-hydrogen) atoms. The molecule has 2 aromatic rings. The van der Waals surface area contributed by atoms with Gasteiger partial charge in [-0.05, 0) is 50.3 Å². The molecule has 1 aromatic heterocycles. The van der Waals surface area contributed by atoms with Crippen LogP contribution in [0.5, 0.6) is 0 Å². The molecule has 0 saturated carbocycles. The van der Waals surface area contributed by atoms with E-state index in [0.29, 0.717) is 29.8 Å². The van der Waals surface area contributed by atoms with E-state index in [0.717, 1.165) is 18.4 Å². The van der Waals surface area contributed by atoms with Gasteiger partial charge in [0, 0.05) is 18.1 Å². The minimum Gasteiger partial charge on any atom is -0.444 e. The third-order valence-corrected chi connectivity index (χ3v) is 6.79. The van der Waals surface area contributed by atoms with Crippen molar-refractivity contribution in [1.82, 2.24) is 14.6 Å². The van der Waals surface area contributed by atoms with E-state index in [-0.39, 0.29) is 28.9 Å². The third kappa shape index (κ3) is 4.56. The zero-order valence-electron chi connectivity index (χ0n) is 16.2. The van der Waals surface area contributed by atoms with E-state index in [4.69, 9.17) is 16.0 Å². The summed E-state index contributed by atoms with van der Waals surface area (Å²) in [6.07, 6.45) is 1.93. The second-order valence-electron chi connectivity index (χ2n) is 7.22. The Morgan fingerprint density at radius 1 is 1.32 bits per heavy atom. The van der Waals surface area contributed by atoms with Gasteiger partial charge in [-0.1, -0.05) is 24.6 Å². The summed E-state index contributed by atoms with van der Waals surface area (Å²) in [7, 11) is -3.78. The fourth-order valence-corrected chi connectivity index (χ4v) is 4.31. The van der Waals surface area contributed by atoms with Crippen LogP contribution < -0.4 is 4.72 Å². The number of carbonyl (C=O) groups is 1. The van der Waals surface area contributed by atoms with Crippen LogP contribution in [-0.2, 0) is 16.6 Å². The largest absolute Gasteiger partial charge is 0.444 e. The lowest BCUT2D eigenvalue weighted by Crippen LogP contribution is -2.38. The van der Waals surface area contributed by atoms with Gasteiger partial charge in [0.25, 0.3) is 5.91 Å². The molecular formula is C19H24ClN3O4S. The Labute approximate surface area is 170 Å². The Morgan fingerprint density at radius 3 is 2.64 bits per heavy atom. The number of nitrogens with one attached hydrogen (secondary N) is 1. The minimum absolute atomic E-state index is 0.0603. The predicted octanol–water partition coefficient (Wildman–Crippen LogP) is 3.30. The van der Waals surface area contributed by atoms with Crippen LogP contribution in [0.2, 0.25) is 5.02 Å². The first-order chi connectivity index (χ1) is 13.2. The average Bonchev–Trinajstić information content (AvgIpc) is 3.03. The smallest absolute Gasteiger partial charge is 0.276 e. The zero-order valence-corrected chi connectivity index (χ0v) is 17.7. The topological polar surface area (TPSA) is 92.5 Å². The molecule has 1 aromatic carbocycles. The summed E-state index contributed by atoms with van der Waals surface area (Å²) >= 11 is 6.01. The van der Waals surface area contributed by atoms with E-state index >= 15 is 0 Å². The van der Waals surface area contributed by atoms with Gasteiger partial charge in [-0.2, -0.15) is 0 Å². The predicted molar refractivity (Wildman–Crippen MR) is 106 cm³/mol. The minimum atomic E-state index is -3.78. The quantitative estimate of drug-likeness (QED) is 0.793. The molecule has 2 heterocycles. The van der Waals surface area contributed by atoms with Crippen LogP contribution >= 0.6 is 11.6 Å². The van der Waals surface area contributed by atoms with Crippen LogP contribution in [0.3, 0.4) is 0 Å². The lowest BCUT2D eigenvalue weighted by molar-refractivity contribution is 0.0690. The van der Waals surface area contributed by atoms with Gasteiger partial charge in [0.05, 0.1) is 11.4 Å². The summed E-state index contributed by atoms with van der Waals surface area (Å²) < 4.78 is 32.9. The lowest BCUT2D eigenvalue weighted by atomic mass is 9.99. The molecule has 1 aliphatic rings. The number of sulfonamides is 1. The molecule has 1 fully saturated rings. The molecule has 7 nitrogen and oxygen atoms in total. The maximum absolute atomic E-state index is 12.7. The molecule has 0 atom stereocenters. The molecule has 0 spiro atoms. The molecule has 3 rings (SSSR count). The molecule has 152 valence electrons. The fourth-order valence-electron chi connectivity index (χ4n) is 3.07. The van der Waals surface area contributed by atoms with Gasteiger partial charge in [0.2, 0.25) is 15.9 Å². The van der Waals surface area contributed by atoms with Crippen molar-refractivity contribution in [1.29, 1.82) is 0 Å². The number of carbonyl (C=O) groups excluding carboxylic acids is 1. The number of nitrogens with zero attached hydrogens (tertiary/aromatic N) is 2. The number of hydrogen-bond acceptors (Lipinski definition) is 5. The van der Waals surface area contributed by atoms with Gasteiger partial charge in [-0.15, -0.1) is 0 Å². The monoisotopic (exact) mass is 425 g/mol. The first-order valence-corrected chi connectivity index (χ1v) is 11.0. The summed E-state index contributed by atoms with van der Waals surface area (Å²) in [5.41, 5.74) is 1.03. The van der Waals surface area contributed by atoms with E-state index in [1.165, 1.54) is 12.1 Å². The number of aromatic nitrogens is 1. The number of likely N-dealkylation sites (tertiary alicyclic amines) is 1. The van der Waals surface area contributed by atoms with E-state index in [1.807, 2.05) is 0 Å². The number of aryl methyl sites for hydroxylation is 2. The number of oxazole rings is 1. The first-order valence-electron chi connectivity index (χ1n) is 9.19. The Hall–Kier alpha value is -1.90. The average molecular weight is 426 g/mol. The standard InChI is InChI=1S/C19H24ClN3O4S/c1-12-6-8-23(9-7-12)19(24)18-14(3)27-17(22-18)11-21-28(25,26)15-5-4-13(2)16(20)10-15/h4-5,10,12,21H,6-9,11H2,1-3H3. The van der Waals surface area contributed by atoms with Gasteiger partial charge >= 0.3 is 0 Å². The van der Waals surface area contributed by atoms with Crippen molar-refractivity contribution in [2.24, 2.45) is 5.92 Å². The summed E-state index contributed by atoms with van der Waals surface area (Å²) in [5, 5.41) is 0.374. The third-order valence-electron chi connectivity index (χ3n) is 4.98. The fraction of sp³-hybridized carbons (Fsp3) is 0.474. The Balaban J connectivity index is 1.69. The molecule has 1 saturated heterocycles. The van der Waals surface area contributed by atoms with Crippen LogP contribution in [0.25, 0.3) is 0 Å². The highest BCUT2D eigenvalue weighted by Crippen LogP contribution is 2.21. The Kier molecular flexibility index (Phi) is 6.12. The van der Waals surface area contributed by atoms with Crippen molar-refractivity contribution in [3.05, 3.63) is 46.1 Å². The van der Waals surface area contributed by atoms with Crippen molar-refractivity contribution >= 4 is 27.5 Å². The molecule has 0 bridgehead atoms. The first kappa shape index (κ1) is 20.8. The maximum atomic E-state index is 12.7. The summed E-state index contributed by atoms with van der Waals surface area (Å²) in [5.74, 6) is 0.972. The van der Waals surface area contributed by atoms with E-state index in [9.17, 15) is 13.2 Å². The second kappa shape index (κ2) is 8.23. The molecule has 0 radical (unpaired) electrons. The number of halogens is 1. The van der Waals surface area contributed by atoms with Crippen molar-refractivity contribution in [2.45, 2.75) is 45.1 Å². The molecule has 9 heteroatoms. The summed E-state index contributed by atoms with van der Waals surface area (Å²) in [6, 6.07) is 4.52. The Bertz CT molecular complexity index is 979. The molecule has 0 aliphatic carbocycles. The molecule has 1 N–H and O–H groups in total. The highest BCUT2D eigenvalue weighted by molar-refractivity contribution is 7.89. The number of hydrogen-bond donors (Lipinski definition) is 1. The highest BCUT2D eigenvalue weighted by atomic mass is 35.5. The summed E-state index contributed by atoms with van der Waals surface area (Å²) in [4.78, 5) is 18.7. The van der Waals surface area contributed by atoms with Crippen LogP contribution in [-0.4, -0.2) is 37.3 Å². The molecule has 1 aliphatic heterocycles. The second-order valence-corrected chi connectivity index (χ2v) is 9.40. The van der Waals surface area contributed by atoms with Crippen molar-refractivity contribution < 1.29 is 17.6 Å². The molecular weight excluding hydrogens is 402 g/mol. The molecule has 1 amide bonds. The van der Waals surface area contributed by atoms with Gasteiger partial charge in [-0.3, -0.25) is 4.79 Å². The lowest BCUT2D eigenvalue weighted by Gasteiger charge is -2.29. The summed E-state index contributed by atoms with van der Waals surface area (Å²) in [6.45, 7) is 6.87. The van der Waals surface area contributed by atoms with Gasteiger partial charge in [0.1, 0.15) is 5.76 Å². The van der Waals surface area contributed by atoms with E-state index in [1.54, 1.807) is 24.8 Å². The number of amides is 1. The normalized spacial score (nSPS) is 15.8. The highest BCUT2D eigenvalue weighted by Gasteiger charge is 2.26. The van der Waals surface area contributed by atoms with Gasteiger partial charge in [-0.25, -0.2) is 18.1 Å². The maximum Gasteiger partial charge on any atom is 0.276 e. The number of benzene rings is 1. The van der Waals surface area contributed by atoms with Crippen LogP contribution in [0, 0.1) is 19.8 Å². The van der Waals surface area contributed by atoms with Crippen molar-refractivity contribution in [3.8, 4) is 0 Å². The van der Waals surface area contributed by atoms with Crippen molar-refractivity contribution in [2.75, 3.05) is 13.1 Å². The SMILES string of the molecule is Cc1ccc(S(=O)(=O)NCc2nc(C(=O)N3CCC(C)CC3)c(C)o2)cc1Cl. The van der Waals surface area contributed by atoms with Crippen molar-refractivity contribution in [3.63, 3.8) is 0 Å². The number of rotatable bonds is 5. The van der Waals surface area contributed by atoms with Crippen LogP contribution in [0.4, 0.5) is 0 Å². The van der Waals surface area contributed by atoms with Gasteiger partial charge in [0.15, 0.2) is 5.69 Å². The van der Waals surface area contributed by atoms with Crippen LogP contribution in [0.15, 0.2) is 27.5 Å². The van der Waals surface area contributed by atoms with Gasteiger partial charge < -0.3 is 9.32 Å². The zero-order chi connectivity index (χ0) is 20.5. The Morgan fingerprint density at radius 2 is 2.00 bits per heavy atom. The molecule has 0 unspecified atom stereocenters. The van der Waals surface area contributed by atoms with E-state index < -0.39 is 10.0 Å². The van der Waals surface area contributed by atoms with Crippen LogP contribution in [0.1, 0.15) is 47.5 Å².